The Hall–Kier alpha value is -1.76. The summed E-state index contributed by atoms with van der Waals surface area (Å²) in [7, 11) is 1.78. The second-order valence-corrected chi connectivity index (χ2v) is 2.91. The quantitative estimate of drug-likeness (QED) is 0.668. The molecule has 0 saturated carbocycles. The van der Waals surface area contributed by atoms with Crippen molar-refractivity contribution in [2.45, 2.75) is 12.5 Å². The Kier molecular flexibility index (Phi) is 2.23. The summed E-state index contributed by atoms with van der Waals surface area (Å²) in [6, 6.07) is 0. The van der Waals surface area contributed by atoms with Gasteiger partial charge in [-0.3, -0.25) is 4.68 Å². The molecule has 0 bridgehead atoms. The van der Waals surface area contributed by atoms with Gasteiger partial charge in [-0.1, -0.05) is 0 Å². The molecule has 2 rings (SSSR count). The predicted octanol–water partition coefficient (Wildman–Crippen LogP) is -0.791. The minimum Gasteiger partial charge on any atom is -0.386 e. The minimum atomic E-state index is -0.698. The number of aromatic nitrogens is 6. The fourth-order valence-corrected chi connectivity index (χ4v) is 1.15. The largest absolute Gasteiger partial charge is 0.386 e. The summed E-state index contributed by atoms with van der Waals surface area (Å²) in [6.45, 7) is 0. The summed E-state index contributed by atoms with van der Waals surface area (Å²) in [5.74, 6) is 0.709. The summed E-state index contributed by atoms with van der Waals surface area (Å²) in [5.41, 5.74) is 0.507. The minimum absolute atomic E-state index is 0.378. The summed E-state index contributed by atoms with van der Waals surface area (Å²) in [5, 5.41) is 23.4. The van der Waals surface area contributed by atoms with Gasteiger partial charge in [0.15, 0.2) is 0 Å². The van der Waals surface area contributed by atoms with E-state index in [1.54, 1.807) is 11.7 Å². The van der Waals surface area contributed by atoms with E-state index in [2.05, 4.69) is 25.5 Å². The molecule has 7 nitrogen and oxygen atoms in total. The van der Waals surface area contributed by atoms with Crippen LogP contribution < -0.4 is 0 Å². The van der Waals surface area contributed by atoms with Crippen molar-refractivity contribution in [1.82, 2.24) is 30.2 Å². The van der Waals surface area contributed by atoms with Gasteiger partial charge in [-0.15, -0.1) is 0 Å². The molecule has 0 saturated heterocycles. The van der Waals surface area contributed by atoms with Gasteiger partial charge in [0, 0.05) is 13.5 Å². The highest BCUT2D eigenvalue weighted by Gasteiger charge is 2.13. The lowest BCUT2D eigenvalue weighted by molar-refractivity contribution is 0.169. The van der Waals surface area contributed by atoms with Gasteiger partial charge in [0.1, 0.15) is 23.9 Å². The lowest BCUT2D eigenvalue weighted by Gasteiger charge is -2.05. The molecule has 2 aromatic rings. The van der Waals surface area contributed by atoms with Crippen LogP contribution in [0.2, 0.25) is 0 Å². The standard InChI is InChI=1S/C7H10N6O/c1-13-7(8-4-10-13)2-6(14)5-3-9-12-11-5/h3-4,6,14H,2H2,1H3,(H,9,11,12). The molecule has 0 spiro atoms. The van der Waals surface area contributed by atoms with Crippen molar-refractivity contribution in [3.8, 4) is 0 Å². The molecule has 0 aliphatic heterocycles. The van der Waals surface area contributed by atoms with Gasteiger partial charge >= 0.3 is 0 Å². The van der Waals surface area contributed by atoms with E-state index < -0.39 is 6.10 Å². The van der Waals surface area contributed by atoms with Crippen LogP contribution in [-0.2, 0) is 13.5 Å². The SMILES string of the molecule is Cn1ncnc1CC(O)c1cn[nH]n1. The van der Waals surface area contributed by atoms with Crippen molar-refractivity contribution in [1.29, 1.82) is 0 Å². The molecule has 0 aliphatic rings. The molecule has 7 heteroatoms. The normalized spacial score (nSPS) is 13.0. The van der Waals surface area contributed by atoms with Gasteiger partial charge in [0.05, 0.1) is 6.20 Å². The van der Waals surface area contributed by atoms with Crippen LogP contribution in [0.3, 0.4) is 0 Å². The van der Waals surface area contributed by atoms with Gasteiger partial charge in [-0.25, -0.2) is 4.98 Å². The number of aliphatic hydroxyl groups excluding tert-OH is 1. The van der Waals surface area contributed by atoms with Crippen LogP contribution in [0, 0.1) is 0 Å². The molecule has 2 heterocycles. The number of rotatable bonds is 3. The molecular formula is C7H10N6O. The third-order valence-corrected chi connectivity index (χ3v) is 1.96. The van der Waals surface area contributed by atoms with Crippen molar-refractivity contribution in [2.24, 2.45) is 7.05 Å². The smallest absolute Gasteiger partial charge is 0.138 e. The van der Waals surface area contributed by atoms with Crippen LogP contribution in [0.1, 0.15) is 17.6 Å². The lowest BCUT2D eigenvalue weighted by Crippen LogP contribution is -2.07. The Balaban J connectivity index is 2.09. The molecule has 0 aromatic carbocycles. The third-order valence-electron chi connectivity index (χ3n) is 1.96. The van der Waals surface area contributed by atoms with Crippen LogP contribution in [0.5, 0.6) is 0 Å². The van der Waals surface area contributed by atoms with Crippen LogP contribution in [-0.4, -0.2) is 35.3 Å². The predicted molar refractivity (Wildman–Crippen MR) is 46.0 cm³/mol. The number of hydrogen-bond acceptors (Lipinski definition) is 5. The highest BCUT2D eigenvalue weighted by Crippen LogP contribution is 2.12. The van der Waals surface area contributed by atoms with Crippen LogP contribution in [0.15, 0.2) is 12.5 Å². The second-order valence-electron chi connectivity index (χ2n) is 2.91. The molecule has 14 heavy (non-hydrogen) atoms. The molecule has 0 fully saturated rings. The molecular weight excluding hydrogens is 184 g/mol. The third kappa shape index (κ3) is 1.62. The van der Waals surface area contributed by atoms with Gasteiger partial charge in [0.2, 0.25) is 0 Å². The second kappa shape index (κ2) is 3.54. The maximum absolute atomic E-state index is 9.70. The van der Waals surface area contributed by atoms with Crippen molar-refractivity contribution in [3.63, 3.8) is 0 Å². The van der Waals surface area contributed by atoms with E-state index in [0.717, 1.165) is 0 Å². The maximum Gasteiger partial charge on any atom is 0.138 e. The van der Waals surface area contributed by atoms with Crippen molar-refractivity contribution in [3.05, 3.63) is 24.0 Å². The average molecular weight is 194 g/mol. The number of H-pyrrole nitrogens is 1. The highest BCUT2D eigenvalue weighted by atomic mass is 16.3. The van der Waals surface area contributed by atoms with Gasteiger partial charge in [0.25, 0.3) is 0 Å². The van der Waals surface area contributed by atoms with Crippen molar-refractivity contribution < 1.29 is 5.11 Å². The van der Waals surface area contributed by atoms with Gasteiger partial charge < -0.3 is 5.11 Å². The molecule has 2 aromatic heterocycles. The number of nitrogens with zero attached hydrogens (tertiary/aromatic N) is 5. The Labute approximate surface area is 79.8 Å². The first-order valence-corrected chi connectivity index (χ1v) is 4.14. The molecule has 0 aliphatic carbocycles. The summed E-state index contributed by atoms with van der Waals surface area (Å²) < 4.78 is 1.61. The summed E-state index contributed by atoms with van der Waals surface area (Å²) >= 11 is 0. The molecule has 1 atom stereocenters. The monoisotopic (exact) mass is 194 g/mol. The number of hydrogen-bond donors (Lipinski definition) is 2. The van der Waals surface area contributed by atoms with Crippen LogP contribution >= 0.6 is 0 Å². The van der Waals surface area contributed by atoms with E-state index in [0.29, 0.717) is 17.9 Å². The average Bonchev–Trinajstić information content (AvgIpc) is 2.77. The topological polar surface area (TPSA) is 92.5 Å². The van der Waals surface area contributed by atoms with E-state index >= 15 is 0 Å². The number of aliphatic hydroxyl groups is 1. The first-order chi connectivity index (χ1) is 6.77. The molecule has 1 unspecified atom stereocenters. The number of aryl methyl sites for hydroxylation is 1. The van der Waals surface area contributed by atoms with Gasteiger partial charge in [-0.2, -0.15) is 20.5 Å². The zero-order chi connectivity index (χ0) is 9.97. The Bertz CT molecular complexity index is 394. The Morgan fingerprint density at radius 2 is 2.50 bits per heavy atom. The first kappa shape index (κ1) is 8.82. The lowest BCUT2D eigenvalue weighted by atomic mass is 10.2. The van der Waals surface area contributed by atoms with Crippen molar-refractivity contribution in [2.75, 3.05) is 0 Å². The van der Waals surface area contributed by atoms with E-state index in [4.69, 9.17) is 0 Å². The zero-order valence-electron chi connectivity index (χ0n) is 7.62. The van der Waals surface area contributed by atoms with E-state index in [-0.39, 0.29) is 0 Å². The Morgan fingerprint density at radius 1 is 1.64 bits per heavy atom. The Morgan fingerprint density at radius 3 is 3.07 bits per heavy atom. The zero-order valence-corrected chi connectivity index (χ0v) is 7.62. The highest BCUT2D eigenvalue weighted by molar-refractivity contribution is 5.00. The van der Waals surface area contributed by atoms with E-state index in [9.17, 15) is 5.11 Å². The fourth-order valence-electron chi connectivity index (χ4n) is 1.15. The molecule has 2 N–H and O–H groups in total. The van der Waals surface area contributed by atoms with Crippen molar-refractivity contribution >= 4 is 0 Å². The number of aromatic amines is 1. The molecule has 0 amide bonds. The number of nitrogens with one attached hydrogen (secondary N) is 1. The fraction of sp³-hybridized carbons (Fsp3) is 0.429. The van der Waals surface area contributed by atoms with E-state index in [1.165, 1.54) is 12.5 Å². The van der Waals surface area contributed by atoms with Crippen LogP contribution in [0.4, 0.5) is 0 Å². The first-order valence-electron chi connectivity index (χ1n) is 4.14. The molecule has 0 radical (unpaired) electrons. The summed E-state index contributed by atoms with van der Waals surface area (Å²) in [6.07, 6.45) is 2.62. The maximum atomic E-state index is 9.70. The van der Waals surface area contributed by atoms with E-state index in [1.807, 2.05) is 0 Å². The molecule has 74 valence electrons. The van der Waals surface area contributed by atoms with Gasteiger partial charge in [-0.05, 0) is 0 Å². The summed E-state index contributed by atoms with van der Waals surface area (Å²) in [4.78, 5) is 4.00. The van der Waals surface area contributed by atoms with Crippen LogP contribution in [0.25, 0.3) is 0 Å².